The van der Waals surface area contributed by atoms with Crippen LogP contribution >= 0.6 is 12.2 Å². The van der Waals surface area contributed by atoms with Crippen molar-refractivity contribution in [1.29, 1.82) is 0 Å². The fourth-order valence-electron chi connectivity index (χ4n) is 1.70. The predicted molar refractivity (Wildman–Crippen MR) is 81.3 cm³/mol. The zero-order chi connectivity index (χ0) is 13.4. The van der Waals surface area contributed by atoms with Crippen molar-refractivity contribution in [2.45, 2.75) is 39.7 Å². The van der Waals surface area contributed by atoms with Gasteiger partial charge in [0.15, 0.2) is 5.11 Å². The van der Waals surface area contributed by atoms with E-state index in [0.29, 0.717) is 17.8 Å². The van der Waals surface area contributed by atoms with Crippen molar-refractivity contribution in [3.63, 3.8) is 0 Å². The lowest BCUT2D eigenvalue weighted by atomic mass is 10.2. The van der Waals surface area contributed by atoms with E-state index < -0.39 is 0 Å². The van der Waals surface area contributed by atoms with Crippen LogP contribution in [0.2, 0.25) is 0 Å². The first-order valence-corrected chi connectivity index (χ1v) is 6.87. The first-order chi connectivity index (χ1) is 8.65. The van der Waals surface area contributed by atoms with Crippen LogP contribution in [0.15, 0.2) is 24.3 Å². The highest BCUT2D eigenvalue weighted by Gasteiger charge is 2.03. The molecule has 4 heteroatoms. The minimum absolute atomic E-state index is 0.401. The predicted octanol–water partition coefficient (Wildman–Crippen LogP) is 3.56. The van der Waals surface area contributed by atoms with Crippen molar-refractivity contribution < 1.29 is 4.74 Å². The Kier molecular flexibility index (Phi) is 6.50. The van der Waals surface area contributed by atoms with E-state index in [4.69, 9.17) is 17.0 Å². The van der Waals surface area contributed by atoms with Gasteiger partial charge in [-0.05, 0) is 56.8 Å². The monoisotopic (exact) mass is 266 g/mol. The van der Waals surface area contributed by atoms with Crippen LogP contribution in [0.1, 0.15) is 33.6 Å². The molecule has 1 atom stereocenters. The van der Waals surface area contributed by atoms with Gasteiger partial charge in [-0.1, -0.05) is 13.3 Å². The minimum Gasteiger partial charge on any atom is -0.494 e. The van der Waals surface area contributed by atoms with Gasteiger partial charge in [-0.15, -0.1) is 0 Å². The molecule has 100 valence electrons. The van der Waals surface area contributed by atoms with Crippen LogP contribution in [0.4, 0.5) is 5.69 Å². The summed E-state index contributed by atoms with van der Waals surface area (Å²) in [5.74, 6) is 0.876. The van der Waals surface area contributed by atoms with Gasteiger partial charge < -0.3 is 15.4 Å². The molecule has 0 saturated heterocycles. The number of nitrogens with one attached hydrogen (secondary N) is 2. The zero-order valence-electron chi connectivity index (χ0n) is 11.3. The lowest BCUT2D eigenvalue weighted by Crippen LogP contribution is -2.35. The maximum absolute atomic E-state index is 5.39. The van der Waals surface area contributed by atoms with E-state index in [2.05, 4.69) is 24.5 Å². The van der Waals surface area contributed by atoms with Crippen molar-refractivity contribution in [2.24, 2.45) is 0 Å². The summed E-state index contributed by atoms with van der Waals surface area (Å²) < 4.78 is 5.39. The van der Waals surface area contributed by atoms with Gasteiger partial charge in [0.1, 0.15) is 5.75 Å². The largest absolute Gasteiger partial charge is 0.494 e. The Bertz CT molecular complexity index is 365. The van der Waals surface area contributed by atoms with Gasteiger partial charge in [-0.2, -0.15) is 0 Å². The molecule has 18 heavy (non-hydrogen) atoms. The van der Waals surface area contributed by atoms with E-state index in [9.17, 15) is 0 Å². The second kappa shape index (κ2) is 7.93. The third-order valence-corrected chi connectivity index (χ3v) is 2.74. The van der Waals surface area contributed by atoms with Crippen LogP contribution in [0.5, 0.6) is 5.75 Å². The van der Waals surface area contributed by atoms with Gasteiger partial charge in [0, 0.05) is 11.7 Å². The fourth-order valence-corrected chi connectivity index (χ4v) is 2.02. The zero-order valence-corrected chi connectivity index (χ0v) is 12.1. The van der Waals surface area contributed by atoms with Gasteiger partial charge in [0.25, 0.3) is 0 Å². The second-order valence-corrected chi connectivity index (χ2v) is 4.65. The Balaban J connectivity index is 2.44. The smallest absolute Gasteiger partial charge is 0.170 e. The molecule has 0 amide bonds. The van der Waals surface area contributed by atoms with E-state index in [-0.39, 0.29) is 0 Å². The Morgan fingerprint density at radius 3 is 2.50 bits per heavy atom. The Morgan fingerprint density at radius 2 is 1.94 bits per heavy atom. The fraction of sp³-hybridized carbons (Fsp3) is 0.500. The molecule has 0 unspecified atom stereocenters. The molecule has 2 N–H and O–H groups in total. The van der Waals surface area contributed by atoms with Crippen molar-refractivity contribution in [3.05, 3.63) is 24.3 Å². The van der Waals surface area contributed by atoms with Crippen molar-refractivity contribution in [1.82, 2.24) is 5.32 Å². The molecular formula is C14H22N2OS. The molecule has 0 fully saturated rings. The topological polar surface area (TPSA) is 33.3 Å². The molecule has 0 aliphatic heterocycles. The maximum Gasteiger partial charge on any atom is 0.170 e. The summed E-state index contributed by atoms with van der Waals surface area (Å²) in [7, 11) is 0. The summed E-state index contributed by atoms with van der Waals surface area (Å²) in [6.07, 6.45) is 2.27. The van der Waals surface area contributed by atoms with Gasteiger partial charge in [-0.25, -0.2) is 0 Å². The Hall–Kier alpha value is -1.29. The molecule has 3 nitrogen and oxygen atoms in total. The minimum atomic E-state index is 0.401. The average Bonchev–Trinajstić information content (AvgIpc) is 2.32. The van der Waals surface area contributed by atoms with Crippen LogP contribution in [-0.4, -0.2) is 17.8 Å². The molecule has 0 saturated carbocycles. The number of ether oxygens (including phenoxy) is 1. The van der Waals surface area contributed by atoms with Crippen LogP contribution in [0, 0.1) is 0 Å². The number of rotatable bonds is 6. The van der Waals surface area contributed by atoms with Gasteiger partial charge in [0.2, 0.25) is 0 Å². The van der Waals surface area contributed by atoms with Crippen LogP contribution in [-0.2, 0) is 0 Å². The molecule has 1 rings (SSSR count). The standard InChI is InChI=1S/C14H22N2OS/c1-4-6-11(3)15-14(18)16-12-7-9-13(10-8-12)17-5-2/h7-11H,4-6H2,1-3H3,(H2,15,16,18)/t11-/m0/s1. The summed E-state index contributed by atoms with van der Waals surface area (Å²) in [5.41, 5.74) is 0.972. The van der Waals surface area contributed by atoms with Crippen molar-refractivity contribution in [3.8, 4) is 5.75 Å². The molecule has 0 spiro atoms. The first-order valence-electron chi connectivity index (χ1n) is 6.46. The highest BCUT2D eigenvalue weighted by Crippen LogP contribution is 2.15. The quantitative estimate of drug-likeness (QED) is 0.771. The molecule has 0 aliphatic carbocycles. The summed E-state index contributed by atoms with van der Waals surface area (Å²) in [4.78, 5) is 0. The van der Waals surface area contributed by atoms with Gasteiger partial charge in [-0.3, -0.25) is 0 Å². The SMILES string of the molecule is CCC[C@H](C)NC(=S)Nc1ccc(OCC)cc1. The highest BCUT2D eigenvalue weighted by molar-refractivity contribution is 7.80. The lowest BCUT2D eigenvalue weighted by molar-refractivity contribution is 0.340. The summed E-state index contributed by atoms with van der Waals surface area (Å²) in [6, 6.07) is 8.19. The highest BCUT2D eigenvalue weighted by atomic mass is 32.1. The number of hydrogen-bond acceptors (Lipinski definition) is 2. The number of thiocarbonyl (C=S) groups is 1. The van der Waals surface area contributed by atoms with Crippen molar-refractivity contribution >= 4 is 23.0 Å². The summed E-state index contributed by atoms with van der Waals surface area (Å²) >= 11 is 5.26. The first kappa shape index (κ1) is 14.8. The van der Waals surface area contributed by atoms with Crippen LogP contribution < -0.4 is 15.4 Å². The third-order valence-electron chi connectivity index (χ3n) is 2.52. The van der Waals surface area contributed by atoms with Crippen LogP contribution in [0.3, 0.4) is 0 Å². The van der Waals surface area contributed by atoms with Gasteiger partial charge in [0.05, 0.1) is 6.61 Å². The maximum atomic E-state index is 5.39. The van der Waals surface area contributed by atoms with E-state index in [1.54, 1.807) is 0 Å². The second-order valence-electron chi connectivity index (χ2n) is 4.25. The Morgan fingerprint density at radius 1 is 1.28 bits per heavy atom. The van der Waals surface area contributed by atoms with E-state index in [1.165, 1.54) is 0 Å². The molecule has 1 aromatic rings. The number of benzene rings is 1. The van der Waals surface area contributed by atoms with E-state index >= 15 is 0 Å². The van der Waals surface area contributed by atoms with Gasteiger partial charge >= 0.3 is 0 Å². The molecule has 0 aromatic heterocycles. The number of hydrogen-bond donors (Lipinski definition) is 2. The average molecular weight is 266 g/mol. The molecule has 1 aromatic carbocycles. The molecule has 0 heterocycles. The summed E-state index contributed by atoms with van der Waals surface area (Å²) in [5, 5.41) is 7.09. The molecular weight excluding hydrogens is 244 g/mol. The summed E-state index contributed by atoms with van der Waals surface area (Å²) in [6.45, 7) is 6.96. The third kappa shape index (κ3) is 5.36. The normalized spacial score (nSPS) is 11.7. The lowest BCUT2D eigenvalue weighted by Gasteiger charge is -2.16. The molecule has 0 aliphatic rings. The van der Waals surface area contributed by atoms with Crippen LogP contribution in [0.25, 0.3) is 0 Å². The van der Waals surface area contributed by atoms with Crippen molar-refractivity contribution in [2.75, 3.05) is 11.9 Å². The van der Waals surface area contributed by atoms with E-state index in [1.807, 2.05) is 31.2 Å². The van der Waals surface area contributed by atoms with E-state index in [0.717, 1.165) is 24.3 Å². The molecule has 0 radical (unpaired) electrons. The number of anilines is 1. The molecule has 0 bridgehead atoms. The Labute approximate surface area is 115 Å².